The highest BCUT2D eigenvalue weighted by Crippen LogP contribution is 2.25. The number of carbonyl (C=O) groups excluding carboxylic acids is 1. The van der Waals surface area contributed by atoms with E-state index in [0.29, 0.717) is 6.42 Å². The van der Waals surface area contributed by atoms with Gasteiger partial charge in [0.15, 0.2) is 6.61 Å². The van der Waals surface area contributed by atoms with Gasteiger partial charge in [-0.25, -0.2) is 4.39 Å². The summed E-state index contributed by atoms with van der Waals surface area (Å²) < 4.78 is 18.2. The third kappa shape index (κ3) is 5.89. The zero-order valence-corrected chi connectivity index (χ0v) is 13.2. The Balaban J connectivity index is 2.57. The van der Waals surface area contributed by atoms with Crippen LogP contribution in [0, 0.1) is 11.2 Å². The Labute approximate surface area is 129 Å². The van der Waals surface area contributed by atoms with Gasteiger partial charge in [0, 0.05) is 12.6 Å². The van der Waals surface area contributed by atoms with Crippen molar-refractivity contribution in [2.24, 2.45) is 5.41 Å². The van der Waals surface area contributed by atoms with Gasteiger partial charge in [0.2, 0.25) is 0 Å². The summed E-state index contributed by atoms with van der Waals surface area (Å²) >= 11 is 5.81. The fraction of sp³-hybridized carbons (Fsp3) is 0.533. The van der Waals surface area contributed by atoms with E-state index in [1.807, 2.05) is 20.8 Å². The molecule has 0 bridgehead atoms. The third-order valence-electron chi connectivity index (χ3n) is 3.05. The van der Waals surface area contributed by atoms with Crippen LogP contribution in [0.4, 0.5) is 4.39 Å². The molecule has 0 aliphatic rings. The summed E-state index contributed by atoms with van der Waals surface area (Å²) in [6.07, 6.45) is 0.465. The van der Waals surface area contributed by atoms with E-state index in [1.54, 1.807) is 0 Å². The second-order valence-corrected chi connectivity index (χ2v) is 6.27. The molecule has 0 heterocycles. The maximum atomic E-state index is 12.9. The quantitative estimate of drug-likeness (QED) is 0.848. The lowest BCUT2D eigenvalue weighted by Crippen LogP contribution is -2.46. The molecule has 1 aromatic carbocycles. The van der Waals surface area contributed by atoms with Gasteiger partial charge in [-0.1, -0.05) is 32.4 Å². The third-order valence-corrected chi connectivity index (χ3v) is 3.35. The number of benzene rings is 1. The highest BCUT2D eigenvalue weighted by molar-refractivity contribution is 6.32. The Bertz CT molecular complexity index is 488. The number of ether oxygens (including phenoxy) is 1. The van der Waals surface area contributed by atoms with Crippen LogP contribution in [-0.4, -0.2) is 30.3 Å². The number of nitrogens with one attached hydrogen (secondary N) is 1. The molecule has 118 valence electrons. The number of rotatable bonds is 6. The molecule has 1 atom stereocenters. The fourth-order valence-corrected chi connectivity index (χ4v) is 2.04. The van der Waals surface area contributed by atoms with Gasteiger partial charge >= 0.3 is 0 Å². The maximum absolute atomic E-state index is 12.9. The van der Waals surface area contributed by atoms with Crippen LogP contribution in [0.3, 0.4) is 0 Å². The number of aliphatic hydroxyl groups excluding tert-OH is 1. The average molecular weight is 318 g/mol. The van der Waals surface area contributed by atoms with E-state index in [0.717, 1.165) is 6.07 Å². The first-order valence-electron chi connectivity index (χ1n) is 6.72. The largest absolute Gasteiger partial charge is 0.482 e. The van der Waals surface area contributed by atoms with Crippen LogP contribution >= 0.6 is 11.6 Å². The van der Waals surface area contributed by atoms with E-state index in [2.05, 4.69) is 5.32 Å². The molecular weight excluding hydrogens is 297 g/mol. The minimum atomic E-state index is -0.465. The maximum Gasteiger partial charge on any atom is 0.258 e. The van der Waals surface area contributed by atoms with Gasteiger partial charge in [-0.2, -0.15) is 0 Å². The molecule has 0 saturated heterocycles. The molecule has 2 N–H and O–H groups in total. The van der Waals surface area contributed by atoms with E-state index in [-0.39, 0.29) is 41.3 Å². The lowest BCUT2D eigenvalue weighted by Gasteiger charge is -2.31. The van der Waals surface area contributed by atoms with E-state index in [9.17, 15) is 9.18 Å². The first-order chi connectivity index (χ1) is 9.74. The van der Waals surface area contributed by atoms with Crippen molar-refractivity contribution in [1.29, 1.82) is 0 Å². The molecule has 0 fully saturated rings. The number of hydrogen-bond donors (Lipinski definition) is 2. The van der Waals surface area contributed by atoms with Crippen molar-refractivity contribution in [2.75, 3.05) is 13.2 Å². The number of carbonyl (C=O) groups is 1. The Hall–Kier alpha value is -1.33. The molecule has 0 radical (unpaired) electrons. The van der Waals surface area contributed by atoms with Crippen molar-refractivity contribution in [3.63, 3.8) is 0 Å². The van der Waals surface area contributed by atoms with Gasteiger partial charge in [0.1, 0.15) is 11.6 Å². The Morgan fingerprint density at radius 2 is 2.14 bits per heavy atom. The van der Waals surface area contributed by atoms with Crippen molar-refractivity contribution >= 4 is 17.5 Å². The standard InChI is InChI=1S/C15H21ClFNO3/c1-15(2,3)13(6-7-19)18-14(20)9-21-12-5-4-10(17)8-11(12)16/h4-5,8,13,19H,6-7,9H2,1-3H3,(H,18,20). The molecular formula is C15H21ClFNO3. The van der Waals surface area contributed by atoms with E-state index < -0.39 is 5.82 Å². The zero-order valence-electron chi connectivity index (χ0n) is 12.5. The highest BCUT2D eigenvalue weighted by atomic mass is 35.5. The molecule has 1 amide bonds. The lowest BCUT2D eigenvalue weighted by molar-refractivity contribution is -0.124. The molecule has 6 heteroatoms. The summed E-state index contributed by atoms with van der Waals surface area (Å²) in [6, 6.07) is 3.55. The van der Waals surface area contributed by atoms with Gasteiger partial charge in [-0.3, -0.25) is 4.79 Å². The molecule has 1 aromatic rings. The zero-order chi connectivity index (χ0) is 16.0. The summed E-state index contributed by atoms with van der Waals surface area (Å²) in [5, 5.41) is 12.0. The predicted octanol–water partition coefficient (Wildman–Crippen LogP) is 2.77. The van der Waals surface area contributed by atoms with Crippen LogP contribution < -0.4 is 10.1 Å². The summed E-state index contributed by atoms with van der Waals surface area (Å²) in [6.45, 7) is 5.71. The Morgan fingerprint density at radius 3 is 2.67 bits per heavy atom. The Kier molecular flexibility index (Phi) is 6.42. The molecule has 0 spiro atoms. The van der Waals surface area contributed by atoms with Crippen LogP contribution in [-0.2, 0) is 4.79 Å². The van der Waals surface area contributed by atoms with Crippen molar-refractivity contribution in [3.8, 4) is 5.75 Å². The van der Waals surface area contributed by atoms with Gasteiger partial charge in [0.25, 0.3) is 5.91 Å². The first-order valence-corrected chi connectivity index (χ1v) is 7.10. The predicted molar refractivity (Wildman–Crippen MR) is 80.0 cm³/mol. The average Bonchev–Trinajstić information content (AvgIpc) is 2.36. The second-order valence-electron chi connectivity index (χ2n) is 5.86. The van der Waals surface area contributed by atoms with Crippen molar-refractivity contribution in [2.45, 2.75) is 33.2 Å². The number of aliphatic hydroxyl groups is 1. The van der Waals surface area contributed by atoms with Gasteiger partial charge in [-0.05, 0) is 30.0 Å². The molecule has 21 heavy (non-hydrogen) atoms. The first kappa shape index (κ1) is 17.7. The highest BCUT2D eigenvalue weighted by Gasteiger charge is 2.25. The van der Waals surface area contributed by atoms with Crippen LogP contribution in [0.2, 0.25) is 5.02 Å². The number of amides is 1. The van der Waals surface area contributed by atoms with E-state index in [1.165, 1.54) is 12.1 Å². The van der Waals surface area contributed by atoms with Crippen molar-refractivity contribution in [3.05, 3.63) is 29.0 Å². The fourth-order valence-electron chi connectivity index (χ4n) is 1.82. The van der Waals surface area contributed by atoms with E-state index >= 15 is 0 Å². The van der Waals surface area contributed by atoms with Crippen molar-refractivity contribution < 1.29 is 19.0 Å². The minimum Gasteiger partial charge on any atom is -0.482 e. The molecule has 4 nitrogen and oxygen atoms in total. The molecule has 0 aliphatic heterocycles. The van der Waals surface area contributed by atoms with Crippen molar-refractivity contribution in [1.82, 2.24) is 5.32 Å². The van der Waals surface area contributed by atoms with Crippen LogP contribution in [0.15, 0.2) is 18.2 Å². The van der Waals surface area contributed by atoms with Crippen LogP contribution in [0.1, 0.15) is 27.2 Å². The smallest absolute Gasteiger partial charge is 0.258 e. The normalized spacial score (nSPS) is 12.9. The Morgan fingerprint density at radius 1 is 1.48 bits per heavy atom. The molecule has 0 aromatic heterocycles. The van der Waals surface area contributed by atoms with Crippen LogP contribution in [0.25, 0.3) is 0 Å². The molecule has 0 aliphatic carbocycles. The van der Waals surface area contributed by atoms with Gasteiger partial charge < -0.3 is 15.2 Å². The van der Waals surface area contributed by atoms with Gasteiger partial charge in [-0.15, -0.1) is 0 Å². The SMILES string of the molecule is CC(C)(C)C(CCO)NC(=O)COc1ccc(F)cc1Cl. The minimum absolute atomic E-state index is 0.00708. The monoisotopic (exact) mass is 317 g/mol. The number of hydrogen-bond acceptors (Lipinski definition) is 3. The number of halogens is 2. The summed E-state index contributed by atoms with van der Waals surface area (Å²) in [5.74, 6) is -0.529. The summed E-state index contributed by atoms with van der Waals surface area (Å²) in [5.41, 5.74) is -0.175. The molecule has 1 rings (SSSR count). The van der Waals surface area contributed by atoms with Gasteiger partial charge in [0.05, 0.1) is 5.02 Å². The summed E-state index contributed by atoms with van der Waals surface area (Å²) in [4.78, 5) is 11.9. The molecule has 0 saturated carbocycles. The van der Waals surface area contributed by atoms with E-state index in [4.69, 9.17) is 21.4 Å². The lowest BCUT2D eigenvalue weighted by atomic mass is 9.85. The summed E-state index contributed by atoms with van der Waals surface area (Å²) in [7, 11) is 0. The topological polar surface area (TPSA) is 58.6 Å². The van der Waals surface area contributed by atoms with Crippen LogP contribution in [0.5, 0.6) is 5.75 Å². The molecule has 1 unspecified atom stereocenters. The second kappa shape index (κ2) is 7.61.